The molecule has 0 unspecified atom stereocenters. The van der Waals surface area contributed by atoms with Crippen molar-refractivity contribution >= 4 is 63.8 Å². The van der Waals surface area contributed by atoms with E-state index in [-0.39, 0.29) is 34.2 Å². The molecule has 3 aromatic rings. The first-order valence-electron chi connectivity index (χ1n) is 14.0. The van der Waals surface area contributed by atoms with Crippen LogP contribution in [0.4, 0.5) is 11.4 Å². The molecule has 11 heteroatoms. The van der Waals surface area contributed by atoms with Crippen LogP contribution in [-0.4, -0.2) is 34.2 Å². The molecule has 0 spiro atoms. The monoisotopic (exact) mass is 613 g/mol. The van der Waals surface area contributed by atoms with E-state index >= 15 is 0 Å². The number of amides is 3. The molecule has 8 nitrogen and oxygen atoms in total. The smallest absolute Gasteiger partial charge is 0.273 e. The number of aromatic nitrogens is 1. The first-order valence-corrected chi connectivity index (χ1v) is 15.6. The number of nitrogens with one attached hydrogen (secondary N) is 2. The summed E-state index contributed by atoms with van der Waals surface area (Å²) in [5.41, 5.74) is 7.46. The summed E-state index contributed by atoms with van der Waals surface area (Å²) in [6.07, 6.45) is 8.95. The number of anilines is 2. The van der Waals surface area contributed by atoms with E-state index in [0.29, 0.717) is 21.3 Å². The maximum atomic E-state index is 14.3. The molecule has 3 amide bonds. The minimum atomic E-state index is -1.04. The van der Waals surface area contributed by atoms with Gasteiger partial charge in [-0.1, -0.05) is 67.4 Å². The summed E-state index contributed by atoms with van der Waals surface area (Å²) >= 11 is 13.2. The van der Waals surface area contributed by atoms with Gasteiger partial charge in [0.2, 0.25) is 5.91 Å². The molecule has 0 saturated heterocycles. The topological polar surface area (TPSA) is 117 Å². The summed E-state index contributed by atoms with van der Waals surface area (Å²) in [6, 6.07) is 12.6. The van der Waals surface area contributed by atoms with Gasteiger partial charge in [0.05, 0.1) is 5.69 Å². The second-order valence-electron chi connectivity index (χ2n) is 10.7. The molecule has 0 bridgehead atoms. The fourth-order valence-corrected chi connectivity index (χ4v) is 6.61. The quantitative estimate of drug-likeness (QED) is 0.266. The van der Waals surface area contributed by atoms with Crippen molar-refractivity contribution in [3.8, 4) is 0 Å². The van der Waals surface area contributed by atoms with Crippen LogP contribution in [0.2, 0.25) is 10.0 Å². The van der Waals surface area contributed by atoms with Crippen molar-refractivity contribution in [1.29, 1.82) is 0 Å². The zero-order valence-corrected chi connectivity index (χ0v) is 24.9. The Balaban J connectivity index is 1.52. The number of hydrogen-bond acceptors (Lipinski definition) is 6. The molecule has 4 N–H and O–H groups in total. The average Bonchev–Trinajstić information content (AvgIpc) is 3.62. The maximum Gasteiger partial charge on any atom is 0.273 e. The highest BCUT2D eigenvalue weighted by atomic mass is 35.5. The number of rotatable bonds is 8. The third-order valence-corrected chi connectivity index (χ3v) is 9.15. The number of nitrogens with two attached hydrogens (primary N) is 1. The SMILES string of the molecule is Nc1c(C(=O)NC2CCCCC2)nsc1C(=O)N(c1ccc(Cl)cc1)[C@@H](C(=O)NC1CCCC1)c1ccc(Cl)cc1. The molecule has 1 heterocycles. The number of carbonyl (C=O) groups excluding carboxylic acids is 3. The fraction of sp³-hybridized carbons (Fsp3) is 0.400. The fourth-order valence-electron chi connectivity index (χ4n) is 5.62. The number of halogens is 2. The van der Waals surface area contributed by atoms with Gasteiger partial charge in [0, 0.05) is 27.8 Å². The summed E-state index contributed by atoms with van der Waals surface area (Å²) in [5, 5.41) is 7.15. The average molecular weight is 615 g/mol. The Bertz CT molecular complexity index is 1380. The molecular weight excluding hydrogens is 581 g/mol. The van der Waals surface area contributed by atoms with E-state index in [1.807, 2.05) is 0 Å². The molecule has 2 aliphatic rings. The molecule has 0 aliphatic heterocycles. The van der Waals surface area contributed by atoms with Crippen molar-refractivity contribution in [3.63, 3.8) is 0 Å². The molecule has 5 rings (SSSR count). The van der Waals surface area contributed by atoms with Gasteiger partial charge in [0.1, 0.15) is 10.9 Å². The Labute approximate surface area is 253 Å². The van der Waals surface area contributed by atoms with Gasteiger partial charge in [-0.2, -0.15) is 4.37 Å². The van der Waals surface area contributed by atoms with Crippen LogP contribution in [-0.2, 0) is 4.79 Å². The summed E-state index contributed by atoms with van der Waals surface area (Å²) in [5.74, 6) is -1.25. The highest BCUT2D eigenvalue weighted by Crippen LogP contribution is 2.35. The van der Waals surface area contributed by atoms with Crippen LogP contribution in [0.1, 0.15) is 89.6 Å². The van der Waals surface area contributed by atoms with Crippen molar-refractivity contribution in [2.24, 2.45) is 0 Å². The standard InChI is InChI=1S/C30H33Cl2N5O3S/c31-19-12-10-18(11-13-19)26(29(39)35-22-8-4-5-9-22)37(23-16-14-20(32)15-17-23)30(40)27-24(33)25(36-41-27)28(38)34-21-6-2-1-3-7-21/h10-17,21-22,26H,1-9,33H2,(H,34,38)(H,35,39)/t26-/m1/s1. The second kappa shape index (κ2) is 13.2. The van der Waals surface area contributed by atoms with Gasteiger partial charge in [-0.05, 0) is 79.2 Å². The van der Waals surface area contributed by atoms with E-state index in [9.17, 15) is 14.4 Å². The van der Waals surface area contributed by atoms with E-state index in [4.69, 9.17) is 28.9 Å². The lowest BCUT2D eigenvalue weighted by atomic mass is 9.95. The van der Waals surface area contributed by atoms with Gasteiger partial charge in [0.25, 0.3) is 11.8 Å². The number of benzene rings is 2. The lowest BCUT2D eigenvalue weighted by Crippen LogP contribution is -2.46. The van der Waals surface area contributed by atoms with Gasteiger partial charge in [0.15, 0.2) is 5.69 Å². The zero-order valence-electron chi connectivity index (χ0n) is 22.6. The van der Waals surface area contributed by atoms with Gasteiger partial charge in [-0.15, -0.1) is 0 Å². The molecule has 1 aromatic heterocycles. The minimum Gasteiger partial charge on any atom is -0.395 e. The molecule has 2 fully saturated rings. The Morgan fingerprint density at radius 3 is 1.98 bits per heavy atom. The largest absolute Gasteiger partial charge is 0.395 e. The third kappa shape index (κ3) is 6.85. The van der Waals surface area contributed by atoms with Crippen LogP contribution in [0.25, 0.3) is 0 Å². The van der Waals surface area contributed by atoms with Crippen LogP contribution in [0.5, 0.6) is 0 Å². The first-order chi connectivity index (χ1) is 19.8. The first kappa shape index (κ1) is 29.4. The molecule has 41 heavy (non-hydrogen) atoms. The van der Waals surface area contributed by atoms with E-state index in [1.165, 1.54) is 4.90 Å². The molecule has 1 atom stereocenters. The molecule has 216 valence electrons. The molecule has 0 radical (unpaired) electrons. The number of carbonyl (C=O) groups is 3. The minimum absolute atomic E-state index is 0.00155. The van der Waals surface area contributed by atoms with E-state index in [1.54, 1.807) is 48.5 Å². The molecular formula is C30H33Cl2N5O3S. The zero-order chi connectivity index (χ0) is 28.9. The van der Waals surface area contributed by atoms with Crippen LogP contribution in [0.3, 0.4) is 0 Å². The van der Waals surface area contributed by atoms with Crippen molar-refractivity contribution < 1.29 is 14.4 Å². The van der Waals surface area contributed by atoms with Crippen LogP contribution in [0, 0.1) is 0 Å². The lowest BCUT2D eigenvalue weighted by Gasteiger charge is -2.32. The van der Waals surface area contributed by atoms with Gasteiger partial charge >= 0.3 is 0 Å². The number of hydrogen-bond donors (Lipinski definition) is 3. The predicted octanol–water partition coefficient (Wildman–Crippen LogP) is 6.54. The Morgan fingerprint density at radius 2 is 1.37 bits per heavy atom. The van der Waals surface area contributed by atoms with E-state index in [2.05, 4.69) is 15.0 Å². The van der Waals surface area contributed by atoms with Crippen molar-refractivity contribution in [2.75, 3.05) is 10.6 Å². The van der Waals surface area contributed by atoms with Crippen LogP contribution in [0.15, 0.2) is 48.5 Å². The van der Waals surface area contributed by atoms with E-state index < -0.39 is 17.9 Å². The Morgan fingerprint density at radius 1 is 0.829 bits per heavy atom. The van der Waals surface area contributed by atoms with Gasteiger partial charge < -0.3 is 16.4 Å². The summed E-state index contributed by atoms with van der Waals surface area (Å²) in [7, 11) is 0. The van der Waals surface area contributed by atoms with Crippen molar-refractivity contribution in [1.82, 2.24) is 15.0 Å². The highest BCUT2D eigenvalue weighted by Gasteiger charge is 2.37. The summed E-state index contributed by atoms with van der Waals surface area (Å²) in [4.78, 5) is 42.9. The van der Waals surface area contributed by atoms with Gasteiger partial charge in [-0.3, -0.25) is 19.3 Å². The highest BCUT2D eigenvalue weighted by molar-refractivity contribution is 7.09. The van der Waals surface area contributed by atoms with Crippen LogP contribution < -0.4 is 21.3 Å². The Hall–Kier alpha value is -3.14. The molecule has 2 aromatic carbocycles. The normalized spacial score (nSPS) is 16.7. The predicted molar refractivity (Wildman–Crippen MR) is 164 cm³/mol. The summed E-state index contributed by atoms with van der Waals surface area (Å²) < 4.78 is 4.28. The maximum absolute atomic E-state index is 14.3. The van der Waals surface area contributed by atoms with Crippen LogP contribution >= 0.6 is 34.7 Å². The number of nitrogens with zero attached hydrogens (tertiary/aromatic N) is 2. The second-order valence-corrected chi connectivity index (χ2v) is 12.3. The lowest BCUT2D eigenvalue weighted by molar-refractivity contribution is -0.123. The molecule has 2 saturated carbocycles. The summed E-state index contributed by atoms with van der Waals surface area (Å²) in [6.45, 7) is 0. The van der Waals surface area contributed by atoms with Crippen molar-refractivity contribution in [2.45, 2.75) is 75.9 Å². The molecule has 2 aliphatic carbocycles. The number of nitrogen functional groups attached to an aromatic ring is 1. The van der Waals surface area contributed by atoms with Gasteiger partial charge in [-0.25, -0.2) is 0 Å². The van der Waals surface area contributed by atoms with E-state index in [0.717, 1.165) is 69.3 Å². The Kier molecular flexibility index (Phi) is 9.47. The van der Waals surface area contributed by atoms with Crippen molar-refractivity contribution in [3.05, 3.63) is 74.7 Å². The third-order valence-electron chi connectivity index (χ3n) is 7.80.